The quantitative estimate of drug-likeness (QED) is 0.871. The number of hydrogen-bond donors (Lipinski definition) is 2. The Balaban J connectivity index is 2.16. The van der Waals surface area contributed by atoms with Gasteiger partial charge in [0.05, 0.1) is 18.4 Å². The fourth-order valence-electron chi connectivity index (χ4n) is 1.75. The van der Waals surface area contributed by atoms with Crippen LogP contribution in [-0.2, 0) is 0 Å². The summed E-state index contributed by atoms with van der Waals surface area (Å²) in [7, 11) is 1.60. The standard InChI is InChI=1S/C13H15N3O2/c1-8-12(9(2)16-15-8)13(17)14-10-4-6-11(18-3)7-5-10/h4-7H,1-3H3,(H,14,17)(H,15,16). The van der Waals surface area contributed by atoms with E-state index in [2.05, 4.69) is 15.5 Å². The zero-order chi connectivity index (χ0) is 13.1. The average molecular weight is 245 g/mol. The van der Waals surface area contributed by atoms with Gasteiger partial charge in [-0.1, -0.05) is 0 Å². The summed E-state index contributed by atoms with van der Waals surface area (Å²) in [5.41, 5.74) is 2.77. The van der Waals surface area contributed by atoms with Crippen molar-refractivity contribution in [3.05, 3.63) is 41.2 Å². The first-order chi connectivity index (χ1) is 8.61. The molecule has 0 fully saturated rings. The molecule has 1 heterocycles. The van der Waals surface area contributed by atoms with E-state index in [0.717, 1.165) is 17.1 Å². The lowest BCUT2D eigenvalue weighted by molar-refractivity contribution is 0.102. The number of methoxy groups -OCH3 is 1. The second kappa shape index (κ2) is 4.91. The Morgan fingerprint density at radius 3 is 2.44 bits per heavy atom. The Bertz CT molecular complexity index is 539. The number of rotatable bonds is 3. The second-order valence-corrected chi connectivity index (χ2v) is 3.99. The van der Waals surface area contributed by atoms with Gasteiger partial charge in [-0.2, -0.15) is 5.10 Å². The van der Waals surface area contributed by atoms with Crippen LogP contribution in [0.4, 0.5) is 5.69 Å². The van der Waals surface area contributed by atoms with Crippen molar-refractivity contribution in [2.24, 2.45) is 0 Å². The SMILES string of the molecule is COc1ccc(NC(=O)c2c(C)n[nH]c2C)cc1. The number of aromatic amines is 1. The number of hydrogen-bond acceptors (Lipinski definition) is 3. The predicted molar refractivity (Wildman–Crippen MR) is 69.0 cm³/mol. The zero-order valence-corrected chi connectivity index (χ0v) is 10.6. The van der Waals surface area contributed by atoms with Crippen LogP contribution in [-0.4, -0.2) is 23.2 Å². The predicted octanol–water partition coefficient (Wildman–Crippen LogP) is 2.29. The fraction of sp³-hybridized carbons (Fsp3) is 0.231. The van der Waals surface area contributed by atoms with Gasteiger partial charge in [0.2, 0.25) is 0 Å². The van der Waals surface area contributed by atoms with Crippen LogP contribution >= 0.6 is 0 Å². The number of ether oxygens (including phenoxy) is 1. The highest BCUT2D eigenvalue weighted by molar-refractivity contribution is 6.05. The Hall–Kier alpha value is -2.30. The number of carbonyl (C=O) groups is 1. The molecule has 0 aliphatic heterocycles. The van der Waals surface area contributed by atoms with Crippen molar-refractivity contribution in [1.82, 2.24) is 10.2 Å². The highest BCUT2D eigenvalue weighted by atomic mass is 16.5. The van der Waals surface area contributed by atoms with Gasteiger partial charge >= 0.3 is 0 Å². The molecule has 0 aliphatic carbocycles. The van der Waals surface area contributed by atoms with Crippen LogP contribution in [0.15, 0.2) is 24.3 Å². The van der Waals surface area contributed by atoms with E-state index in [1.165, 1.54) is 0 Å². The summed E-state index contributed by atoms with van der Waals surface area (Å²) in [6.45, 7) is 3.62. The molecule has 1 aromatic carbocycles. The minimum atomic E-state index is -0.163. The van der Waals surface area contributed by atoms with Crippen LogP contribution in [0.1, 0.15) is 21.7 Å². The number of aromatic nitrogens is 2. The Morgan fingerprint density at radius 2 is 1.94 bits per heavy atom. The highest BCUT2D eigenvalue weighted by Gasteiger charge is 2.15. The summed E-state index contributed by atoms with van der Waals surface area (Å²) < 4.78 is 5.06. The topological polar surface area (TPSA) is 67.0 Å². The van der Waals surface area contributed by atoms with E-state index >= 15 is 0 Å². The maximum absolute atomic E-state index is 12.1. The van der Waals surface area contributed by atoms with Gasteiger partial charge in [0.25, 0.3) is 5.91 Å². The molecule has 0 saturated heterocycles. The first kappa shape index (κ1) is 12.2. The van der Waals surface area contributed by atoms with Crippen molar-refractivity contribution < 1.29 is 9.53 Å². The molecule has 5 nitrogen and oxygen atoms in total. The molecule has 0 saturated carbocycles. The number of aryl methyl sites for hydroxylation is 2. The van der Waals surface area contributed by atoms with Crippen LogP contribution in [0.25, 0.3) is 0 Å². The Kier molecular flexibility index (Phi) is 3.32. The number of benzene rings is 1. The summed E-state index contributed by atoms with van der Waals surface area (Å²) >= 11 is 0. The van der Waals surface area contributed by atoms with E-state index in [4.69, 9.17) is 4.74 Å². The van der Waals surface area contributed by atoms with Crippen LogP contribution in [0, 0.1) is 13.8 Å². The third kappa shape index (κ3) is 2.34. The van der Waals surface area contributed by atoms with Gasteiger partial charge in [0.1, 0.15) is 5.75 Å². The van der Waals surface area contributed by atoms with Crippen LogP contribution in [0.5, 0.6) is 5.75 Å². The van der Waals surface area contributed by atoms with Crippen molar-refractivity contribution in [1.29, 1.82) is 0 Å². The molecule has 5 heteroatoms. The molecule has 94 valence electrons. The number of H-pyrrole nitrogens is 1. The lowest BCUT2D eigenvalue weighted by Crippen LogP contribution is -2.13. The molecule has 1 aromatic heterocycles. The number of nitrogens with zero attached hydrogens (tertiary/aromatic N) is 1. The lowest BCUT2D eigenvalue weighted by atomic mass is 10.2. The third-order valence-corrected chi connectivity index (χ3v) is 2.70. The van der Waals surface area contributed by atoms with Gasteiger partial charge in [-0.25, -0.2) is 0 Å². The molecular weight excluding hydrogens is 230 g/mol. The van der Waals surface area contributed by atoms with E-state index in [-0.39, 0.29) is 5.91 Å². The number of amides is 1. The average Bonchev–Trinajstić information content (AvgIpc) is 2.70. The van der Waals surface area contributed by atoms with E-state index < -0.39 is 0 Å². The molecule has 2 N–H and O–H groups in total. The highest BCUT2D eigenvalue weighted by Crippen LogP contribution is 2.17. The monoisotopic (exact) mass is 245 g/mol. The summed E-state index contributed by atoms with van der Waals surface area (Å²) in [4.78, 5) is 12.1. The van der Waals surface area contributed by atoms with Crippen molar-refractivity contribution in [3.8, 4) is 5.75 Å². The minimum absolute atomic E-state index is 0.163. The van der Waals surface area contributed by atoms with E-state index in [1.54, 1.807) is 38.3 Å². The summed E-state index contributed by atoms with van der Waals surface area (Å²) in [5, 5.41) is 9.61. The molecule has 0 bridgehead atoms. The van der Waals surface area contributed by atoms with Crippen LogP contribution in [0.2, 0.25) is 0 Å². The first-order valence-electron chi connectivity index (χ1n) is 5.59. The fourth-order valence-corrected chi connectivity index (χ4v) is 1.75. The van der Waals surface area contributed by atoms with Crippen molar-refractivity contribution >= 4 is 11.6 Å². The molecule has 0 atom stereocenters. The maximum atomic E-state index is 12.1. The lowest BCUT2D eigenvalue weighted by Gasteiger charge is -2.06. The molecule has 0 unspecified atom stereocenters. The minimum Gasteiger partial charge on any atom is -0.497 e. The smallest absolute Gasteiger partial charge is 0.259 e. The van der Waals surface area contributed by atoms with E-state index in [0.29, 0.717) is 11.3 Å². The largest absolute Gasteiger partial charge is 0.497 e. The van der Waals surface area contributed by atoms with Gasteiger partial charge in [-0.05, 0) is 38.1 Å². The van der Waals surface area contributed by atoms with Crippen LogP contribution in [0.3, 0.4) is 0 Å². The van der Waals surface area contributed by atoms with Gasteiger partial charge in [0.15, 0.2) is 0 Å². The molecule has 2 rings (SSSR count). The van der Waals surface area contributed by atoms with Gasteiger partial charge in [-0.15, -0.1) is 0 Å². The molecule has 18 heavy (non-hydrogen) atoms. The Morgan fingerprint density at radius 1 is 1.28 bits per heavy atom. The maximum Gasteiger partial charge on any atom is 0.259 e. The molecule has 0 spiro atoms. The first-order valence-corrected chi connectivity index (χ1v) is 5.59. The zero-order valence-electron chi connectivity index (χ0n) is 10.6. The van der Waals surface area contributed by atoms with Gasteiger partial charge < -0.3 is 10.1 Å². The molecule has 1 amide bonds. The number of anilines is 1. The molecule has 0 radical (unpaired) electrons. The molecular formula is C13H15N3O2. The Labute approximate surface area is 105 Å². The number of nitrogens with one attached hydrogen (secondary N) is 2. The number of carbonyl (C=O) groups excluding carboxylic acids is 1. The van der Waals surface area contributed by atoms with E-state index in [9.17, 15) is 4.79 Å². The molecule has 0 aliphatic rings. The van der Waals surface area contributed by atoms with Gasteiger partial charge in [-0.3, -0.25) is 9.89 Å². The normalized spacial score (nSPS) is 10.2. The van der Waals surface area contributed by atoms with Crippen molar-refractivity contribution in [3.63, 3.8) is 0 Å². The second-order valence-electron chi connectivity index (χ2n) is 3.99. The van der Waals surface area contributed by atoms with Gasteiger partial charge in [0, 0.05) is 11.4 Å². The van der Waals surface area contributed by atoms with Crippen molar-refractivity contribution in [2.75, 3.05) is 12.4 Å². The summed E-state index contributed by atoms with van der Waals surface area (Å²) in [6, 6.07) is 7.18. The third-order valence-electron chi connectivity index (χ3n) is 2.70. The molecule has 2 aromatic rings. The van der Waals surface area contributed by atoms with Crippen molar-refractivity contribution in [2.45, 2.75) is 13.8 Å². The summed E-state index contributed by atoms with van der Waals surface area (Å²) in [5.74, 6) is 0.590. The van der Waals surface area contributed by atoms with E-state index in [1.807, 2.05) is 6.92 Å². The summed E-state index contributed by atoms with van der Waals surface area (Å²) in [6.07, 6.45) is 0. The van der Waals surface area contributed by atoms with Crippen LogP contribution < -0.4 is 10.1 Å².